The predicted molar refractivity (Wildman–Crippen MR) is 52.3 cm³/mol. The molecule has 0 aliphatic rings. The molecule has 0 fully saturated rings. The fourth-order valence-corrected chi connectivity index (χ4v) is 2.37. The van der Waals surface area contributed by atoms with Gasteiger partial charge in [-0.3, -0.25) is 4.79 Å². The van der Waals surface area contributed by atoms with Crippen molar-refractivity contribution in [3.63, 3.8) is 0 Å². The second kappa shape index (κ2) is 5.28. The van der Waals surface area contributed by atoms with Crippen LogP contribution in [0.2, 0.25) is 0 Å². The van der Waals surface area contributed by atoms with E-state index in [1.807, 2.05) is 6.92 Å². The minimum absolute atomic E-state index is 0.119. The van der Waals surface area contributed by atoms with E-state index < -0.39 is 27.2 Å². The number of carboxylic acids is 1. The molecule has 2 atom stereocenters. The van der Waals surface area contributed by atoms with Gasteiger partial charge in [0.15, 0.2) is 9.84 Å². The second-order valence-electron chi connectivity index (χ2n) is 3.05. The minimum Gasteiger partial charge on any atom is -0.480 e. The molecule has 5 N–H and O–H groups in total. The molecule has 0 heterocycles. The number of sulfone groups is 1. The number of hydrogen-bond donors (Lipinski definition) is 3. The lowest BCUT2D eigenvalue weighted by atomic mass is 10.3. The molecule has 6 nitrogen and oxygen atoms in total. The third-order valence-corrected chi connectivity index (χ3v) is 3.82. The lowest BCUT2D eigenvalue weighted by Gasteiger charge is -2.16. The first-order valence-electron chi connectivity index (χ1n) is 4.28. The van der Waals surface area contributed by atoms with Crippen LogP contribution in [0.15, 0.2) is 0 Å². The quantitative estimate of drug-likeness (QED) is 0.526. The Balaban J connectivity index is 4.50. The second-order valence-corrected chi connectivity index (χ2v) is 5.33. The van der Waals surface area contributed by atoms with Crippen LogP contribution in [-0.2, 0) is 14.6 Å². The number of carboxylic acid groups (broad SMARTS) is 1. The van der Waals surface area contributed by atoms with Crippen molar-refractivity contribution in [3.05, 3.63) is 0 Å². The number of rotatable bonds is 6. The van der Waals surface area contributed by atoms with Crippen LogP contribution in [0.3, 0.4) is 0 Å². The molecule has 0 aliphatic carbocycles. The highest BCUT2D eigenvalue weighted by Crippen LogP contribution is 2.04. The van der Waals surface area contributed by atoms with Crippen molar-refractivity contribution in [2.75, 3.05) is 5.75 Å². The molecule has 14 heavy (non-hydrogen) atoms. The lowest BCUT2D eigenvalue weighted by molar-refractivity contribution is -0.138. The summed E-state index contributed by atoms with van der Waals surface area (Å²) in [5, 5.41) is 6.95. The first-order chi connectivity index (χ1) is 6.33. The first-order valence-corrected chi connectivity index (χ1v) is 6.00. The molecule has 0 saturated carbocycles. The number of aliphatic carboxylic acids is 1. The standard InChI is InChI=1S/C7H16N2O4S/c1-2-3-4-14(12,13)6(9)5(8)7(10)11/h5-6H,2-4,8-9H2,1H3,(H,10,11). The van der Waals surface area contributed by atoms with Gasteiger partial charge >= 0.3 is 5.97 Å². The molecule has 0 amide bonds. The van der Waals surface area contributed by atoms with Crippen LogP contribution in [0.4, 0.5) is 0 Å². The fraction of sp³-hybridized carbons (Fsp3) is 0.857. The van der Waals surface area contributed by atoms with Gasteiger partial charge in [0.25, 0.3) is 0 Å². The van der Waals surface area contributed by atoms with Crippen molar-refractivity contribution < 1.29 is 18.3 Å². The molecule has 0 aliphatic heterocycles. The molecule has 0 bridgehead atoms. The van der Waals surface area contributed by atoms with Gasteiger partial charge in [-0.1, -0.05) is 13.3 Å². The van der Waals surface area contributed by atoms with Gasteiger partial charge in [0.1, 0.15) is 11.4 Å². The van der Waals surface area contributed by atoms with Crippen molar-refractivity contribution >= 4 is 15.8 Å². The topological polar surface area (TPSA) is 123 Å². The molecule has 0 radical (unpaired) electrons. The van der Waals surface area contributed by atoms with Crippen LogP contribution in [0, 0.1) is 0 Å². The molecule has 84 valence electrons. The molecule has 0 aromatic rings. The maximum atomic E-state index is 11.4. The van der Waals surface area contributed by atoms with Crippen LogP contribution < -0.4 is 11.5 Å². The Morgan fingerprint density at radius 1 is 1.43 bits per heavy atom. The van der Waals surface area contributed by atoms with Gasteiger partial charge in [-0.25, -0.2) is 8.42 Å². The summed E-state index contributed by atoms with van der Waals surface area (Å²) in [5.41, 5.74) is 10.4. The minimum atomic E-state index is -3.59. The summed E-state index contributed by atoms with van der Waals surface area (Å²) in [5.74, 6) is -1.52. The van der Waals surface area contributed by atoms with E-state index in [1.165, 1.54) is 0 Å². The Bertz CT molecular complexity index is 288. The highest BCUT2D eigenvalue weighted by Gasteiger charge is 2.31. The Hall–Kier alpha value is -0.660. The highest BCUT2D eigenvalue weighted by atomic mass is 32.2. The predicted octanol–water partition coefficient (Wildman–Crippen LogP) is -1.10. The van der Waals surface area contributed by atoms with Crippen molar-refractivity contribution in [2.24, 2.45) is 11.5 Å². The Morgan fingerprint density at radius 3 is 2.29 bits per heavy atom. The van der Waals surface area contributed by atoms with Crippen molar-refractivity contribution in [1.82, 2.24) is 0 Å². The number of unbranched alkanes of at least 4 members (excludes halogenated alkanes) is 1. The van der Waals surface area contributed by atoms with E-state index in [1.54, 1.807) is 0 Å². The SMILES string of the molecule is CCCCS(=O)(=O)C(N)C(N)C(=O)O. The number of nitrogens with two attached hydrogens (primary N) is 2. The van der Waals surface area contributed by atoms with E-state index in [4.69, 9.17) is 16.6 Å². The summed E-state index contributed by atoms with van der Waals surface area (Å²) < 4.78 is 22.7. The normalized spacial score (nSPS) is 16.2. The molecule has 7 heteroatoms. The van der Waals surface area contributed by atoms with E-state index in [-0.39, 0.29) is 5.75 Å². The van der Waals surface area contributed by atoms with Crippen LogP contribution in [0.25, 0.3) is 0 Å². The Kier molecular flexibility index (Phi) is 5.03. The monoisotopic (exact) mass is 224 g/mol. The summed E-state index contributed by atoms with van der Waals surface area (Å²) in [7, 11) is -3.59. The van der Waals surface area contributed by atoms with Crippen molar-refractivity contribution in [1.29, 1.82) is 0 Å². The van der Waals surface area contributed by atoms with Crippen molar-refractivity contribution in [3.8, 4) is 0 Å². The summed E-state index contributed by atoms with van der Waals surface area (Å²) in [6.45, 7) is 1.83. The molecule has 0 spiro atoms. The Morgan fingerprint density at radius 2 is 1.93 bits per heavy atom. The molecule has 0 aromatic heterocycles. The van der Waals surface area contributed by atoms with Gasteiger partial charge in [-0.2, -0.15) is 0 Å². The maximum Gasteiger partial charge on any atom is 0.323 e. The van der Waals surface area contributed by atoms with Gasteiger partial charge in [0.2, 0.25) is 0 Å². The zero-order valence-electron chi connectivity index (χ0n) is 8.01. The van der Waals surface area contributed by atoms with Crippen LogP contribution in [0.1, 0.15) is 19.8 Å². The van der Waals surface area contributed by atoms with E-state index >= 15 is 0 Å². The average molecular weight is 224 g/mol. The van der Waals surface area contributed by atoms with Gasteiger partial charge in [-0.15, -0.1) is 0 Å². The molecule has 0 rings (SSSR count). The summed E-state index contributed by atoms with van der Waals surface area (Å²) in [6, 6.07) is -1.56. The fourth-order valence-electron chi connectivity index (χ4n) is 0.846. The van der Waals surface area contributed by atoms with E-state index in [2.05, 4.69) is 0 Å². The first kappa shape index (κ1) is 13.3. The van der Waals surface area contributed by atoms with E-state index in [0.29, 0.717) is 12.8 Å². The smallest absolute Gasteiger partial charge is 0.323 e. The summed E-state index contributed by atoms with van der Waals surface area (Å²) >= 11 is 0. The van der Waals surface area contributed by atoms with Gasteiger partial charge in [-0.05, 0) is 6.42 Å². The van der Waals surface area contributed by atoms with E-state index in [0.717, 1.165) is 0 Å². The van der Waals surface area contributed by atoms with Gasteiger partial charge < -0.3 is 16.6 Å². The van der Waals surface area contributed by atoms with Crippen LogP contribution >= 0.6 is 0 Å². The van der Waals surface area contributed by atoms with E-state index in [9.17, 15) is 13.2 Å². The van der Waals surface area contributed by atoms with Crippen LogP contribution in [-0.4, -0.2) is 36.7 Å². The van der Waals surface area contributed by atoms with Gasteiger partial charge in [0, 0.05) is 0 Å². The highest BCUT2D eigenvalue weighted by molar-refractivity contribution is 7.92. The Labute approximate surface area is 83.2 Å². The summed E-state index contributed by atoms with van der Waals surface area (Å²) in [4.78, 5) is 10.4. The molecular weight excluding hydrogens is 208 g/mol. The number of hydrogen-bond acceptors (Lipinski definition) is 5. The maximum absolute atomic E-state index is 11.4. The van der Waals surface area contributed by atoms with Crippen molar-refractivity contribution in [2.45, 2.75) is 31.2 Å². The molecule has 0 saturated heterocycles. The van der Waals surface area contributed by atoms with Gasteiger partial charge in [0.05, 0.1) is 5.75 Å². The summed E-state index contributed by atoms with van der Waals surface area (Å²) in [6.07, 6.45) is 1.16. The average Bonchev–Trinajstić information content (AvgIpc) is 2.12. The lowest BCUT2D eigenvalue weighted by Crippen LogP contribution is -2.52. The number of carbonyl (C=O) groups is 1. The third kappa shape index (κ3) is 3.60. The molecule has 0 aromatic carbocycles. The van der Waals surface area contributed by atoms with Crippen LogP contribution in [0.5, 0.6) is 0 Å². The zero-order valence-corrected chi connectivity index (χ0v) is 8.83. The largest absolute Gasteiger partial charge is 0.480 e. The molecule has 2 unspecified atom stereocenters. The molecular formula is C7H16N2O4S. The third-order valence-electron chi connectivity index (χ3n) is 1.84. The zero-order chi connectivity index (χ0) is 11.4.